The molecule has 0 radical (unpaired) electrons. The Labute approximate surface area is 114 Å². The Morgan fingerprint density at radius 1 is 1.47 bits per heavy atom. The number of halogens is 1. The van der Waals surface area contributed by atoms with Crippen LogP contribution in [0.4, 0.5) is 10.2 Å². The van der Waals surface area contributed by atoms with Gasteiger partial charge in [0.25, 0.3) is 0 Å². The Bertz CT molecular complexity index is 463. The minimum absolute atomic E-state index is 0.437. The summed E-state index contributed by atoms with van der Waals surface area (Å²) >= 11 is 0. The first-order valence-corrected chi connectivity index (χ1v) is 7.33. The normalized spacial score (nSPS) is 27.0. The number of piperazine rings is 1. The summed E-state index contributed by atoms with van der Waals surface area (Å²) in [7, 11) is 0. The third kappa shape index (κ3) is 2.22. The van der Waals surface area contributed by atoms with Gasteiger partial charge in [-0.25, -0.2) is 9.37 Å². The fourth-order valence-electron chi connectivity index (χ4n) is 3.27. The van der Waals surface area contributed by atoms with Crippen molar-refractivity contribution < 1.29 is 4.39 Å². The van der Waals surface area contributed by atoms with Crippen LogP contribution in [0.2, 0.25) is 0 Å². The van der Waals surface area contributed by atoms with Crippen molar-refractivity contribution in [2.45, 2.75) is 51.4 Å². The quantitative estimate of drug-likeness (QED) is 0.908. The molecule has 0 aromatic carbocycles. The fourth-order valence-corrected chi connectivity index (χ4v) is 3.27. The van der Waals surface area contributed by atoms with Gasteiger partial charge in [-0.05, 0) is 31.4 Å². The van der Waals surface area contributed by atoms with Gasteiger partial charge in [0.2, 0.25) is 0 Å². The van der Waals surface area contributed by atoms with Crippen LogP contribution in [-0.2, 0) is 6.42 Å². The zero-order valence-corrected chi connectivity index (χ0v) is 11.7. The lowest BCUT2D eigenvalue weighted by Crippen LogP contribution is -2.55. The Balaban J connectivity index is 1.91. The average molecular weight is 263 g/mol. The number of hydrogen-bond acceptors (Lipinski definition) is 3. The Morgan fingerprint density at radius 3 is 3.11 bits per heavy atom. The van der Waals surface area contributed by atoms with Gasteiger partial charge in [0.1, 0.15) is 12.0 Å². The van der Waals surface area contributed by atoms with E-state index in [1.807, 2.05) is 13.0 Å². The first-order chi connectivity index (χ1) is 9.20. The van der Waals surface area contributed by atoms with Gasteiger partial charge < -0.3 is 10.2 Å². The van der Waals surface area contributed by atoms with Gasteiger partial charge in [0.15, 0.2) is 0 Å². The van der Waals surface area contributed by atoms with Crippen LogP contribution in [0, 0.1) is 0 Å². The SMILES string of the molecule is CCC[C@@H](F)c1ccc2c(n1)N1[C@@H](CNC[C@H]1C)C2. The summed E-state index contributed by atoms with van der Waals surface area (Å²) < 4.78 is 14.0. The van der Waals surface area contributed by atoms with Gasteiger partial charge >= 0.3 is 0 Å². The van der Waals surface area contributed by atoms with E-state index in [9.17, 15) is 4.39 Å². The van der Waals surface area contributed by atoms with E-state index in [2.05, 4.69) is 28.2 Å². The molecule has 0 spiro atoms. The highest BCUT2D eigenvalue weighted by molar-refractivity contribution is 5.56. The number of aromatic nitrogens is 1. The fraction of sp³-hybridized carbons (Fsp3) is 0.667. The Kier molecular flexibility index (Phi) is 3.44. The van der Waals surface area contributed by atoms with E-state index in [4.69, 9.17) is 0 Å². The summed E-state index contributed by atoms with van der Waals surface area (Å²) in [5.74, 6) is 1.02. The monoisotopic (exact) mass is 263 g/mol. The van der Waals surface area contributed by atoms with Gasteiger partial charge in [0, 0.05) is 25.2 Å². The third-order valence-electron chi connectivity index (χ3n) is 4.23. The number of rotatable bonds is 3. The highest BCUT2D eigenvalue weighted by atomic mass is 19.1. The molecule has 3 nitrogen and oxygen atoms in total. The standard InChI is InChI=1S/C15H22FN3/c1-3-4-13(16)14-6-5-11-7-12-9-17-8-10(2)19(12)15(11)18-14/h5-6,10,12-13,17H,3-4,7-9H2,1-2H3/t10-,12-,13-/m1/s1. The molecule has 1 N–H and O–H groups in total. The summed E-state index contributed by atoms with van der Waals surface area (Å²) in [6.45, 7) is 6.20. The molecule has 0 saturated carbocycles. The summed E-state index contributed by atoms with van der Waals surface area (Å²) in [5.41, 5.74) is 1.87. The van der Waals surface area contributed by atoms with Crippen LogP contribution < -0.4 is 10.2 Å². The van der Waals surface area contributed by atoms with Crippen LogP contribution in [0.5, 0.6) is 0 Å². The Hall–Kier alpha value is -1.16. The molecular formula is C15H22FN3. The number of pyridine rings is 1. The predicted molar refractivity (Wildman–Crippen MR) is 75.3 cm³/mol. The van der Waals surface area contributed by atoms with Crippen molar-refractivity contribution in [1.29, 1.82) is 0 Å². The highest BCUT2D eigenvalue weighted by Gasteiger charge is 2.36. The number of hydrogen-bond donors (Lipinski definition) is 1. The molecule has 104 valence electrons. The largest absolute Gasteiger partial charge is 0.348 e. The second-order valence-corrected chi connectivity index (χ2v) is 5.75. The van der Waals surface area contributed by atoms with Crippen LogP contribution >= 0.6 is 0 Å². The lowest BCUT2D eigenvalue weighted by atomic mass is 10.1. The molecule has 3 heterocycles. The first kappa shape index (κ1) is 12.9. The van der Waals surface area contributed by atoms with E-state index < -0.39 is 6.17 Å². The van der Waals surface area contributed by atoms with Gasteiger partial charge in [-0.15, -0.1) is 0 Å². The van der Waals surface area contributed by atoms with Gasteiger partial charge in [-0.3, -0.25) is 0 Å². The number of nitrogens with zero attached hydrogens (tertiary/aromatic N) is 2. The van der Waals surface area contributed by atoms with Crippen LogP contribution in [0.25, 0.3) is 0 Å². The maximum absolute atomic E-state index is 14.0. The molecule has 0 amide bonds. The minimum atomic E-state index is -0.924. The molecule has 2 aliphatic rings. The van der Waals surface area contributed by atoms with Gasteiger partial charge in [-0.2, -0.15) is 0 Å². The average Bonchev–Trinajstić information content (AvgIpc) is 2.77. The maximum atomic E-state index is 14.0. The van der Waals surface area contributed by atoms with Crippen molar-refractivity contribution in [1.82, 2.24) is 10.3 Å². The molecule has 0 unspecified atom stereocenters. The van der Waals surface area contributed by atoms with Crippen molar-refractivity contribution in [2.24, 2.45) is 0 Å². The molecule has 2 aliphatic heterocycles. The number of fused-ring (bicyclic) bond motifs is 3. The predicted octanol–water partition coefficient (Wildman–Crippen LogP) is 2.62. The van der Waals surface area contributed by atoms with Crippen molar-refractivity contribution >= 4 is 5.82 Å². The van der Waals surface area contributed by atoms with E-state index in [1.165, 1.54) is 5.56 Å². The number of anilines is 1. The van der Waals surface area contributed by atoms with Crippen molar-refractivity contribution in [3.05, 3.63) is 23.4 Å². The zero-order valence-electron chi connectivity index (χ0n) is 11.7. The molecule has 3 atom stereocenters. The maximum Gasteiger partial charge on any atom is 0.142 e. The first-order valence-electron chi connectivity index (χ1n) is 7.33. The van der Waals surface area contributed by atoms with Crippen molar-refractivity contribution in [2.75, 3.05) is 18.0 Å². The highest BCUT2D eigenvalue weighted by Crippen LogP contribution is 2.35. The molecular weight excluding hydrogens is 241 g/mol. The molecule has 1 fully saturated rings. The molecule has 1 aromatic rings. The van der Waals surface area contributed by atoms with Gasteiger partial charge in [0.05, 0.1) is 5.69 Å². The second-order valence-electron chi connectivity index (χ2n) is 5.75. The lowest BCUT2D eigenvalue weighted by Gasteiger charge is -2.37. The summed E-state index contributed by atoms with van der Waals surface area (Å²) in [5, 5.41) is 3.45. The summed E-state index contributed by atoms with van der Waals surface area (Å²) in [6.07, 6.45) is 1.52. The Morgan fingerprint density at radius 2 is 2.32 bits per heavy atom. The minimum Gasteiger partial charge on any atom is -0.348 e. The third-order valence-corrected chi connectivity index (χ3v) is 4.23. The van der Waals surface area contributed by atoms with Gasteiger partial charge in [-0.1, -0.05) is 19.4 Å². The number of nitrogens with one attached hydrogen (secondary N) is 1. The zero-order chi connectivity index (χ0) is 13.4. The number of alkyl halides is 1. The topological polar surface area (TPSA) is 28.2 Å². The van der Waals surface area contributed by atoms with Crippen molar-refractivity contribution in [3.8, 4) is 0 Å². The molecule has 19 heavy (non-hydrogen) atoms. The molecule has 3 rings (SSSR count). The summed E-state index contributed by atoms with van der Waals surface area (Å²) in [6, 6.07) is 4.87. The molecule has 0 aliphatic carbocycles. The van der Waals surface area contributed by atoms with Crippen LogP contribution in [-0.4, -0.2) is 30.2 Å². The van der Waals surface area contributed by atoms with Crippen LogP contribution in [0.15, 0.2) is 12.1 Å². The van der Waals surface area contributed by atoms with Crippen molar-refractivity contribution in [3.63, 3.8) is 0 Å². The van der Waals surface area contributed by atoms with E-state index in [-0.39, 0.29) is 0 Å². The summed E-state index contributed by atoms with van der Waals surface area (Å²) in [4.78, 5) is 7.01. The van der Waals surface area contributed by atoms with E-state index in [0.29, 0.717) is 24.2 Å². The molecule has 0 bridgehead atoms. The van der Waals surface area contributed by atoms with Crippen LogP contribution in [0.1, 0.15) is 44.1 Å². The van der Waals surface area contributed by atoms with E-state index in [0.717, 1.165) is 31.7 Å². The van der Waals surface area contributed by atoms with Crippen LogP contribution in [0.3, 0.4) is 0 Å². The molecule has 1 aromatic heterocycles. The smallest absolute Gasteiger partial charge is 0.142 e. The molecule has 4 heteroatoms. The molecule has 1 saturated heterocycles. The second kappa shape index (κ2) is 5.08. The van der Waals surface area contributed by atoms with E-state index in [1.54, 1.807) is 0 Å². The van der Waals surface area contributed by atoms with E-state index >= 15 is 0 Å². The lowest BCUT2D eigenvalue weighted by molar-refractivity contribution is 0.313.